The minimum absolute atomic E-state index is 0.227. The number of carbonyl (C=O) groups is 1. The first-order valence-corrected chi connectivity index (χ1v) is 4.83. The van der Waals surface area contributed by atoms with Crippen molar-refractivity contribution in [2.24, 2.45) is 5.92 Å². The van der Waals surface area contributed by atoms with E-state index >= 15 is 0 Å². The standard InChI is InChI=1S/C9H15NO3/c11-6-2-1-5-3-8(9(12)13)10-7(5)4-6/h5-8,10-11H,1-4H2,(H,12,13)/t5-,6-,7-,8-/m1/s1. The second-order valence-corrected chi connectivity index (χ2v) is 4.13. The Kier molecular flexibility index (Phi) is 2.26. The molecule has 1 aliphatic carbocycles. The van der Waals surface area contributed by atoms with E-state index in [1.807, 2.05) is 0 Å². The Hall–Kier alpha value is -0.610. The fourth-order valence-corrected chi connectivity index (χ4v) is 2.50. The quantitative estimate of drug-likeness (QED) is 0.536. The van der Waals surface area contributed by atoms with E-state index in [4.69, 9.17) is 5.11 Å². The molecule has 4 nitrogen and oxygen atoms in total. The Labute approximate surface area is 76.9 Å². The van der Waals surface area contributed by atoms with Crippen molar-refractivity contribution in [3.8, 4) is 0 Å². The van der Waals surface area contributed by atoms with Crippen molar-refractivity contribution < 1.29 is 15.0 Å². The normalized spacial score (nSPS) is 44.4. The van der Waals surface area contributed by atoms with Crippen LogP contribution in [0.4, 0.5) is 0 Å². The molecule has 4 heteroatoms. The van der Waals surface area contributed by atoms with E-state index in [9.17, 15) is 9.90 Å². The molecule has 13 heavy (non-hydrogen) atoms. The molecule has 1 saturated carbocycles. The predicted octanol–water partition coefficient (Wildman–Crippen LogP) is -0.0375. The number of carboxylic acids is 1. The lowest BCUT2D eigenvalue weighted by molar-refractivity contribution is -0.139. The number of aliphatic carboxylic acids is 1. The Morgan fingerprint density at radius 3 is 2.77 bits per heavy atom. The zero-order chi connectivity index (χ0) is 9.42. The third-order valence-corrected chi connectivity index (χ3v) is 3.22. The van der Waals surface area contributed by atoms with Crippen LogP contribution in [0.25, 0.3) is 0 Å². The van der Waals surface area contributed by atoms with Crippen molar-refractivity contribution in [1.82, 2.24) is 5.32 Å². The van der Waals surface area contributed by atoms with Gasteiger partial charge in [0.1, 0.15) is 6.04 Å². The van der Waals surface area contributed by atoms with Gasteiger partial charge >= 0.3 is 5.97 Å². The van der Waals surface area contributed by atoms with E-state index in [-0.39, 0.29) is 18.2 Å². The van der Waals surface area contributed by atoms with Gasteiger partial charge < -0.3 is 15.5 Å². The molecule has 2 aliphatic rings. The molecule has 0 aromatic rings. The van der Waals surface area contributed by atoms with Gasteiger partial charge in [-0.2, -0.15) is 0 Å². The molecule has 4 atom stereocenters. The number of fused-ring (bicyclic) bond motifs is 1. The summed E-state index contributed by atoms with van der Waals surface area (Å²) in [5.74, 6) is -0.298. The average Bonchev–Trinajstić information content (AvgIpc) is 2.46. The summed E-state index contributed by atoms with van der Waals surface area (Å²) in [4.78, 5) is 10.7. The van der Waals surface area contributed by atoms with Crippen molar-refractivity contribution in [3.05, 3.63) is 0 Å². The number of hydrogen-bond acceptors (Lipinski definition) is 3. The highest BCUT2D eigenvalue weighted by atomic mass is 16.4. The fourth-order valence-electron chi connectivity index (χ4n) is 2.50. The van der Waals surface area contributed by atoms with Gasteiger partial charge in [0.2, 0.25) is 0 Å². The molecule has 0 unspecified atom stereocenters. The molecule has 74 valence electrons. The molecule has 1 aliphatic heterocycles. The topological polar surface area (TPSA) is 69.6 Å². The second kappa shape index (κ2) is 3.27. The Balaban J connectivity index is 1.98. The predicted molar refractivity (Wildman–Crippen MR) is 46.3 cm³/mol. The maximum atomic E-state index is 10.7. The largest absolute Gasteiger partial charge is 0.480 e. The summed E-state index contributed by atoms with van der Waals surface area (Å²) >= 11 is 0. The van der Waals surface area contributed by atoms with Gasteiger partial charge in [0.05, 0.1) is 6.10 Å². The number of hydrogen-bond donors (Lipinski definition) is 3. The summed E-state index contributed by atoms with van der Waals surface area (Å²) in [5.41, 5.74) is 0. The summed E-state index contributed by atoms with van der Waals surface area (Å²) in [6.07, 6.45) is 3.00. The number of aliphatic hydroxyl groups excluding tert-OH is 1. The molecule has 2 rings (SSSR count). The van der Waals surface area contributed by atoms with Crippen molar-refractivity contribution in [3.63, 3.8) is 0 Å². The third-order valence-electron chi connectivity index (χ3n) is 3.22. The molecule has 0 aromatic carbocycles. The van der Waals surface area contributed by atoms with Crippen LogP contribution in [-0.2, 0) is 4.79 Å². The van der Waals surface area contributed by atoms with Crippen LogP contribution in [0.3, 0.4) is 0 Å². The van der Waals surface area contributed by atoms with E-state index in [0.29, 0.717) is 12.3 Å². The summed E-state index contributed by atoms with van der Waals surface area (Å²) in [6, 6.07) is -0.162. The van der Waals surface area contributed by atoms with Gasteiger partial charge in [-0.15, -0.1) is 0 Å². The average molecular weight is 185 g/mol. The molecular formula is C9H15NO3. The van der Waals surface area contributed by atoms with E-state index < -0.39 is 5.97 Å². The van der Waals surface area contributed by atoms with Crippen LogP contribution in [0.1, 0.15) is 25.7 Å². The fraction of sp³-hybridized carbons (Fsp3) is 0.889. The minimum Gasteiger partial charge on any atom is -0.480 e. The molecule has 3 N–H and O–H groups in total. The van der Waals surface area contributed by atoms with Crippen molar-refractivity contribution in [2.75, 3.05) is 0 Å². The number of rotatable bonds is 1. The lowest BCUT2D eigenvalue weighted by Crippen LogP contribution is -2.40. The highest BCUT2D eigenvalue weighted by molar-refractivity contribution is 5.74. The highest BCUT2D eigenvalue weighted by Gasteiger charge is 2.40. The van der Waals surface area contributed by atoms with Gasteiger partial charge in [-0.1, -0.05) is 0 Å². The van der Waals surface area contributed by atoms with Crippen LogP contribution in [-0.4, -0.2) is 34.4 Å². The first-order valence-electron chi connectivity index (χ1n) is 4.83. The summed E-state index contributed by atoms with van der Waals surface area (Å²) in [6.45, 7) is 0. The summed E-state index contributed by atoms with van der Waals surface area (Å²) in [7, 11) is 0. The maximum absolute atomic E-state index is 10.7. The van der Waals surface area contributed by atoms with Gasteiger partial charge in [0.25, 0.3) is 0 Å². The monoisotopic (exact) mass is 185 g/mol. The zero-order valence-electron chi connectivity index (χ0n) is 7.44. The minimum atomic E-state index is -0.760. The lowest BCUT2D eigenvalue weighted by atomic mass is 9.83. The Bertz CT molecular complexity index is 219. The van der Waals surface area contributed by atoms with Crippen molar-refractivity contribution in [2.45, 2.75) is 43.9 Å². The number of aliphatic hydroxyl groups is 1. The van der Waals surface area contributed by atoms with Crippen LogP contribution in [0.15, 0.2) is 0 Å². The van der Waals surface area contributed by atoms with Gasteiger partial charge in [-0.3, -0.25) is 4.79 Å². The summed E-state index contributed by atoms with van der Waals surface area (Å²) in [5, 5.41) is 21.3. The Morgan fingerprint density at radius 1 is 1.31 bits per heavy atom. The summed E-state index contributed by atoms with van der Waals surface area (Å²) < 4.78 is 0. The van der Waals surface area contributed by atoms with E-state index in [1.54, 1.807) is 0 Å². The first kappa shape index (κ1) is 8.97. The molecule has 0 spiro atoms. The number of nitrogens with one attached hydrogen (secondary N) is 1. The maximum Gasteiger partial charge on any atom is 0.320 e. The van der Waals surface area contributed by atoms with Gasteiger partial charge in [-0.05, 0) is 31.6 Å². The highest BCUT2D eigenvalue weighted by Crippen LogP contribution is 2.33. The molecule has 0 bridgehead atoms. The smallest absolute Gasteiger partial charge is 0.320 e. The molecule has 1 heterocycles. The molecule has 0 amide bonds. The molecule has 0 aromatic heterocycles. The first-order chi connectivity index (χ1) is 6.16. The van der Waals surface area contributed by atoms with Gasteiger partial charge in [0.15, 0.2) is 0 Å². The van der Waals surface area contributed by atoms with Crippen molar-refractivity contribution in [1.29, 1.82) is 0 Å². The van der Waals surface area contributed by atoms with Gasteiger partial charge in [-0.25, -0.2) is 0 Å². The lowest BCUT2D eigenvalue weighted by Gasteiger charge is -2.28. The zero-order valence-corrected chi connectivity index (χ0v) is 7.44. The number of carboxylic acid groups (broad SMARTS) is 1. The van der Waals surface area contributed by atoms with Crippen LogP contribution in [0.5, 0.6) is 0 Å². The van der Waals surface area contributed by atoms with Gasteiger partial charge in [0, 0.05) is 6.04 Å². The molecule has 1 saturated heterocycles. The van der Waals surface area contributed by atoms with Crippen LogP contribution < -0.4 is 5.32 Å². The van der Waals surface area contributed by atoms with E-state index in [2.05, 4.69) is 5.32 Å². The van der Waals surface area contributed by atoms with E-state index in [0.717, 1.165) is 19.3 Å². The van der Waals surface area contributed by atoms with Crippen molar-refractivity contribution >= 4 is 5.97 Å². The molecular weight excluding hydrogens is 170 g/mol. The Morgan fingerprint density at radius 2 is 2.08 bits per heavy atom. The van der Waals surface area contributed by atoms with Crippen LogP contribution in [0.2, 0.25) is 0 Å². The van der Waals surface area contributed by atoms with Crippen LogP contribution in [0, 0.1) is 5.92 Å². The molecule has 0 radical (unpaired) electrons. The van der Waals surface area contributed by atoms with E-state index in [1.165, 1.54) is 0 Å². The SMILES string of the molecule is O=C(O)[C@H]1C[C@H]2CC[C@@H](O)C[C@H]2N1. The third kappa shape index (κ3) is 1.69. The molecule has 2 fully saturated rings. The second-order valence-electron chi connectivity index (χ2n) is 4.13. The van der Waals surface area contributed by atoms with Crippen LogP contribution >= 0.6 is 0 Å².